The highest BCUT2D eigenvalue weighted by Gasteiger charge is 2.47. The van der Waals surface area contributed by atoms with Crippen LogP contribution in [0, 0.1) is 17.8 Å². The molecule has 4 atom stereocenters. The van der Waals surface area contributed by atoms with Crippen molar-refractivity contribution < 1.29 is 9.59 Å². The predicted molar refractivity (Wildman–Crippen MR) is 106 cm³/mol. The molecule has 0 saturated heterocycles. The van der Waals surface area contributed by atoms with Crippen LogP contribution in [0.1, 0.15) is 16.8 Å². The van der Waals surface area contributed by atoms with E-state index in [4.69, 9.17) is 11.5 Å². The molecule has 1 aromatic heterocycles. The first kappa shape index (κ1) is 18.0. The van der Waals surface area contributed by atoms with E-state index in [2.05, 4.69) is 21.5 Å². The summed E-state index contributed by atoms with van der Waals surface area (Å²) in [6.45, 7) is 0. The third-order valence-electron chi connectivity index (χ3n) is 5.52. The molecule has 0 radical (unpaired) electrons. The molecule has 1 aromatic carbocycles. The zero-order chi connectivity index (χ0) is 20.0. The van der Waals surface area contributed by atoms with Crippen molar-refractivity contribution in [3.63, 3.8) is 0 Å². The van der Waals surface area contributed by atoms with E-state index in [1.54, 1.807) is 18.2 Å². The van der Waals surface area contributed by atoms with Gasteiger partial charge in [-0.1, -0.05) is 18.2 Å². The number of fused-ring (bicyclic) bond motifs is 2. The minimum Gasteiger partial charge on any atom is -0.378 e. The number of benzene rings is 1. The Morgan fingerprint density at radius 2 is 2.00 bits per heavy atom. The van der Waals surface area contributed by atoms with Crippen LogP contribution in [-0.4, -0.2) is 46.7 Å². The smallest absolute Gasteiger partial charge is 0.281 e. The summed E-state index contributed by atoms with van der Waals surface area (Å²) in [5, 5.41) is 7.40. The second-order valence-corrected chi connectivity index (χ2v) is 7.50. The maximum atomic E-state index is 12.8. The number of anilines is 3. The van der Waals surface area contributed by atoms with Crippen molar-refractivity contribution in [1.29, 1.82) is 0 Å². The number of aromatic nitrogens is 3. The molecule has 9 nitrogen and oxygen atoms in total. The molecule has 4 rings (SSSR count). The quantitative estimate of drug-likeness (QED) is 0.650. The Morgan fingerprint density at radius 1 is 1.25 bits per heavy atom. The highest BCUT2D eigenvalue weighted by molar-refractivity contribution is 5.97. The number of rotatable bonds is 5. The Bertz CT molecular complexity index is 965. The Kier molecular flexibility index (Phi) is 4.29. The highest BCUT2D eigenvalue weighted by atomic mass is 16.2. The second kappa shape index (κ2) is 6.66. The lowest BCUT2D eigenvalue weighted by atomic mass is 9.88. The molecule has 2 bridgehead atoms. The monoisotopic (exact) mass is 381 g/mol. The molecule has 0 aliphatic heterocycles. The summed E-state index contributed by atoms with van der Waals surface area (Å²) in [6, 6.07) is 6.97. The molecule has 1 heterocycles. The molecule has 1 fully saturated rings. The second-order valence-electron chi connectivity index (χ2n) is 7.50. The molecule has 2 aliphatic carbocycles. The molecule has 28 heavy (non-hydrogen) atoms. The summed E-state index contributed by atoms with van der Waals surface area (Å²) < 4.78 is 1.07. The molecule has 146 valence electrons. The predicted octanol–water partition coefficient (Wildman–Crippen LogP) is 0.703. The Hall–Kier alpha value is -3.36. The zero-order valence-corrected chi connectivity index (χ0v) is 15.7. The van der Waals surface area contributed by atoms with Gasteiger partial charge in [0.05, 0.1) is 5.92 Å². The molecule has 5 N–H and O–H groups in total. The van der Waals surface area contributed by atoms with E-state index in [0.29, 0.717) is 5.56 Å². The zero-order valence-electron chi connectivity index (χ0n) is 15.7. The van der Waals surface area contributed by atoms with Crippen molar-refractivity contribution in [1.82, 2.24) is 14.8 Å². The average molecular weight is 381 g/mol. The van der Waals surface area contributed by atoms with Crippen LogP contribution in [0.3, 0.4) is 0 Å². The number of carbonyl (C=O) groups is 2. The van der Waals surface area contributed by atoms with E-state index in [1.165, 1.54) is 0 Å². The van der Waals surface area contributed by atoms with Crippen LogP contribution in [0.5, 0.6) is 0 Å². The van der Waals surface area contributed by atoms with Gasteiger partial charge in [0.2, 0.25) is 17.8 Å². The number of nitrogens with zero attached hydrogens (tertiary/aromatic N) is 4. The maximum Gasteiger partial charge on any atom is 0.281 e. The van der Waals surface area contributed by atoms with Gasteiger partial charge < -0.3 is 21.7 Å². The fourth-order valence-corrected chi connectivity index (χ4v) is 4.13. The van der Waals surface area contributed by atoms with Gasteiger partial charge in [0.25, 0.3) is 5.91 Å². The number of nitrogen functional groups attached to an aromatic ring is 1. The third kappa shape index (κ3) is 2.98. The normalized spacial score (nSPS) is 25.1. The van der Waals surface area contributed by atoms with Gasteiger partial charge in [-0.15, -0.1) is 5.10 Å². The minimum atomic E-state index is -0.374. The largest absolute Gasteiger partial charge is 0.378 e. The molecule has 9 heteroatoms. The number of nitrogens with one attached hydrogen (secondary N) is 1. The number of nitrogens with two attached hydrogens (primary N) is 2. The number of primary amides is 1. The van der Waals surface area contributed by atoms with E-state index in [9.17, 15) is 9.59 Å². The van der Waals surface area contributed by atoms with E-state index in [0.717, 1.165) is 16.8 Å². The average Bonchev–Trinajstić information content (AvgIpc) is 3.36. The van der Waals surface area contributed by atoms with Crippen LogP contribution < -0.4 is 21.7 Å². The Balaban J connectivity index is 1.57. The lowest BCUT2D eigenvalue weighted by molar-refractivity contribution is -0.122. The minimum absolute atomic E-state index is 0.0166. The summed E-state index contributed by atoms with van der Waals surface area (Å²) >= 11 is 0. The van der Waals surface area contributed by atoms with Gasteiger partial charge in [-0.25, -0.2) is 0 Å². The number of allylic oxidation sites excluding steroid dienone is 1. The highest BCUT2D eigenvalue weighted by Crippen LogP contribution is 2.44. The lowest BCUT2D eigenvalue weighted by Crippen LogP contribution is -2.41. The summed E-state index contributed by atoms with van der Waals surface area (Å²) in [6.07, 6.45) is 5.00. The molecule has 1 saturated carbocycles. The lowest BCUT2D eigenvalue weighted by Gasteiger charge is -2.25. The van der Waals surface area contributed by atoms with Gasteiger partial charge in [0.15, 0.2) is 0 Å². The van der Waals surface area contributed by atoms with Gasteiger partial charge in [-0.05, 0) is 36.5 Å². The topological polar surface area (TPSA) is 132 Å². The summed E-state index contributed by atoms with van der Waals surface area (Å²) in [5.74, 6) is -0.531. The number of hydrogen-bond donors (Lipinski definition) is 3. The molecule has 4 unspecified atom stereocenters. The van der Waals surface area contributed by atoms with E-state index >= 15 is 0 Å². The van der Waals surface area contributed by atoms with Crippen molar-refractivity contribution >= 4 is 29.4 Å². The first-order valence-electron chi connectivity index (χ1n) is 9.14. The van der Waals surface area contributed by atoms with Crippen molar-refractivity contribution in [2.75, 3.05) is 30.0 Å². The van der Waals surface area contributed by atoms with Crippen molar-refractivity contribution in [3.05, 3.63) is 42.0 Å². The number of carbonyl (C=O) groups excluding carboxylic acids is 2. The number of hydrogen-bond acceptors (Lipinski definition) is 7. The van der Waals surface area contributed by atoms with Crippen LogP contribution in [0.15, 0.2) is 36.4 Å². The van der Waals surface area contributed by atoms with Gasteiger partial charge in [0.1, 0.15) is 0 Å². The first-order valence-corrected chi connectivity index (χ1v) is 9.14. The standard InChI is InChI=1S/C19H23N7O2/c1-25(2)13-5-3-4-12(9-13)17(28)26-18(21)23-19(24-26)22-15-11-7-6-10(8-11)14(15)16(20)27/h3-7,9-11,14-15H,8H2,1-2H3,(H2,20,27)(H3,21,22,23,24). The van der Waals surface area contributed by atoms with Crippen molar-refractivity contribution in [2.24, 2.45) is 23.5 Å². The molecular formula is C19H23N7O2. The molecule has 2 aliphatic rings. The maximum absolute atomic E-state index is 12.8. The van der Waals surface area contributed by atoms with E-state index < -0.39 is 0 Å². The van der Waals surface area contributed by atoms with Crippen LogP contribution in [0.25, 0.3) is 0 Å². The fourth-order valence-electron chi connectivity index (χ4n) is 4.13. The van der Waals surface area contributed by atoms with Gasteiger partial charge in [-0.3, -0.25) is 9.59 Å². The van der Waals surface area contributed by atoms with Crippen molar-refractivity contribution in [2.45, 2.75) is 12.5 Å². The van der Waals surface area contributed by atoms with E-state index in [1.807, 2.05) is 31.1 Å². The van der Waals surface area contributed by atoms with Gasteiger partial charge >= 0.3 is 0 Å². The Labute approximate surface area is 162 Å². The summed E-state index contributed by atoms with van der Waals surface area (Å²) in [7, 11) is 3.79. The first-order chi connectivity index (χ1) is 13.3. The van der Waals surface area contributed by atoms with Crippen LogP contribution >= 0.6 is 0 Å². The van der Waals surface area contributed by atoms with Gasteiger partial charge in [-0.2, -0.15) is 9.67 Å². The summed E-state index contributed by atoms with van der Waals surface area (Å²) in [5.41, 5.74) is 12.9. The summed E-state index contributed by atoms with van der Waals surface area (Å²) in [4.78, 5) is 30.8. The van der Waals surface area contributed by atoms with E-state index in [-0.39, 0.29) is 47.5 Å². The van der Waals surface area contributed by atoms with Crippen molar-refractivity contribution in [3.8, 4) is 0 Å². The van der Waals surface area contributed by atoms with Crippen LogP contribution in [0.4, 0.5) is 17.6 Å². The fraction of sp³-hybridized carbons (Fsp3) is 0.368. The van der Waals surface area contributed by atoms with Crippen LogP contribution in [-0.2, 0) is 4.79 Å². The molecule has 0 spiro atoms. The Morgan fingerprint density at radius 3 is 2.71 bits per heavy atom. The van der Waals surface area contributed by atoms with Gasteiger partial charge in [0, 0.05) is 31.4 Å². The SMILES string of the molecule is CN(C)c1cccc(C(=O)n2nc(NC3C4C=CC(C4)C3C(N)=O)nc2N)c1. The molecule has 1 amide bonds. The number of amides is 1. The third-order valence-corrected chi connectivity index (χ3v) is 5.52. The molecule has 2 aromatic rings. The van der Waals surface area contributed by atoms with Crippen LogP contribution in [0.2, 0.25) is 0 Å². The molecular weight excluding hydrogens is 358 g/mol.